The van der Waals surface area contributed by atoms with Crippen molar-refractivity contribution < 1.29 is 10.0 Å². The van der Waals surface area contributed by atoms with Crippen molar-refractivity contribution in [2.24, 2.45) is 0 Å². The standard InChI is InChI=1S/C19H18BN5O2/c1-13-10-18(21-11-14-6-3-2-4-7-14)24-19(23-13)25-17-9-5-8-16(20(26)27)15(17)12-22-25/h2-10,12,26-27H,11H2,1H3,(H,21,23,24). The zero-order valence-electron chi connectivity index (χ0n) is 14.7. The molecule has 8 heteroatoms. The van der Waals surface area contributed by atoms with E-state index < -0.39 is 7.12 Å². The van der Waals surface area contributed by atoms with Gasteiger partial charge in [0.15, 0.2) is 0 Å². The molecule has 0 spiro atoms. The zero-order valence-corrected chi connectivity index (χ0v) is 14.7. The lowest BCUT2D eigenvalue weighted by Gasteiger charge is -2.09. The van der Waals surface area contributed by atoms with Crippen molar-refractivity contribution in [1.29, 1.82) is 0 Å². The first-order chi connectivity index (χ1) is 13.1. The second-order valence-corrected chi connectivity index (χ2v) is 6.24. The molecule has 0 fully saturated rings. The topological polar surface area (TPSA) is 96.1 Å². The van der Waals surface area contributed by atoms with Gasteiger partial charge in [0.1, 0.15) is 5.82 Å². The molecule has 27 heavy (non-hydrogen) atoms. The fourth-order valence-corrected chi connectivity index (χ4v) is 2.98. The number of benzene rings is 2. The lowest BCUT2D eigenvalue weighted by atomic mass is 9.78. The maximum absolute atomic E-state index is 9.55. The molecule has 0 bridgehead atoms. The third kappa shape index (κ3) is 3.53. The highest BCUT2D eigenvalue weighted by molar-refractivity contribution is 6.61. The first-order valence-electron chi connectivity index (χ1n) is 8.58. The molecular formula is C19H18BN5O2. The number of fused-ring (bicyclic) bond motifs is 1. The van der Waals surface area contributed by atoms with Gasteiger partial charge >= 0.3 is 7.12 Å². The molecule has 2 heterocycles. The van der Waals surface area contributed by atoms with E-state index in [2.05, 4.69) is 20.4 Å². The summed E-state index contributed by atoms with van der Waals surface area (Å²) in [6, 6.07) is 17.2. The van der Waals surface area contributed by atoms with Crippen LogP contribution in [0.1, 0.15) is 11.3 Å². The van der Waals surface area contributed by atoms with Crippen molar-refractivity contribution in [2.45, 2.75) is 13.5 Å². The minimum Gasteiger partial charge on any atom is -0.423 e. The smallest absolute Gasteiger partial charge is 0.423 e. The van der Waals surface area contributed by atoms with Crippen LogP contribution in [0.25, 0.3) is 16.9 Å². The summed E-state index contributed by atoms with van der Waals surface area (Å²) < 4.78 is 1.60. The average Bonchev–Trinajstić information content (AvgIpc) is 3.11. The Morgan fingerprint density at radius 3 is 2.63 bits per heavy atom. The zero-order chi connectivity index (χ0) is 18.8. The Labute approximate surface area is 156 Å². The van der Waals surface area contributed by atoms with Crippen molar-refractivity contribution in [2.75, 3.05) is 5.32 Å². The third-order valence-electron chi connectivity index (χ3n) is 4.27. The van der Waals surface area contributed by atoms with Gasteiger partial charge in [-0.25, -0.2) is 4.98 Å². The largest absolute Gasteiger partial charge is 0.489 e. The molecule has 7 nitrogen and oxygen atoms in total. The summed E-state index contributed by atoms with van der Waals surface area (Å²) in [7, 11) is -1.56. The molecule has 0 unspecified atom stereocenters. The van der Waals surface area contributed by atoms with Crippen molar-refractivity contribution in [1.82, 2.24) is 19.7 Å². The molecule has 0 atom stereocenters. The highest BCUT2D eigenvalue weighted by Gasteiger charge is 2.18. The molecule has 2 aromatic carbocycles. The normalized spacial score (nSPS) is 10.9. The maximum Gasteiger partial charge on any atom is 0.489 e. The van der Waals surface area contributed by atoms with E-state index in [9.17, 15) is 10.0 Å². The van der Waals surface area contributed by atoms with E-state index in [0.717, 1.165) is 11.3 Å². The van der Waals surface area contributed by atoms with Crippen LogP contribution in [0.3, 0.4) is 0 Å². The summed E-state index contributed by atoms with van der Waals surface area (Å²) in [4.78, 5) is 9.05. The van der Waals surface area contributed by atoms with E-state index in [1.165, 1.54) is 0 Å². The summed E-state index contributed by atoms with van der Waals surface area (Å²) in [6.07, 6.45) is 1.59. The molecule has 0 saturated carbocycles. The van der Waals surface area contributed by atoms with Gasteiger partial charge in [0.05, 0.1) is 11.7 Å². The number of anilines is 1. The van der Waals surface area contributed by atoms with Gasteiger partial charge in [-0.3, -0.25) is 0 Å². The molecule has 4 rings (SSSR count). The van der Waals surface area contributed by atoms with Crippen LogP contribution < -0.4 is 10.8 Å². The molecule has 2 aromatic heterocycles. The van der Waals surface area contributed by atoms with Crippen LogP contribution in [-0.4, -0.2) is 36.9 Å². The SMILES string of the molecule is Cc1cc(NCc2ccccc2)nc(-n2ncc3c(B(O)O)cccc32)n1. The fourth-order valence-electron chi connectivity index (χ4n) is 2.98. The van der Waals surface area contributed by atoms with Crippen molar-refractivity contribution in [3.63, 3.8) is 0 Å². The molecule has 0 aliphatic heterocycles. The van der Waals surface area contributed by atoms with Crippen LogP contribution in [0, 0.1) is 6.92 Å². The summed E-state index contributed by atoms with van der Waals surface area (Å²) >= 11 is 0. The van der Waals surface area contributed by atoms with Gasteiger partial charge < -0.3 is 15.4 Å². The molecule has 4 aromatic rings. The van der Waals surface area contributed by atoms with Crippen molar-refractivity contribution in [3.05, 3.63) is 72.1 Å². The molecular weight excluding hydrogens is 341 g/mol. The predicted molar refractivity (Wildman–Crippen MR) is 105 cm³/mol. The van der Waals surface area contributed by atoms with E-state index >= 15 is 0 Å². The maximum atomic E-state index is 9.55. The summed E-state index contributed by atoms with van der Waals surface area (Å²) in [5.41, 5.74) is 3.06. The van der Waals surface area contributed by atoms with Crippen LogP contribution in [0.4, 0.5) is 5.82 Å². The van der Waals surface area contributed by atoms with E-state index in [4.69, 9.17) is 0 Å². The number of rotatable bonds is 5. The molecule has 3 N–H and O–H groups in total. The van der Waals surface area contributed by atoms with Gasteiger partial charge in [-0.1, -0.05) is 42.5 Å². The summed E-state index contributed by atoms with van der Waals surface area (Å²) in [5, 5.41) is 27.4. The highest BCUT2D eigenvalue weighted by atomic mass is 16.4. The quantitative estimate of drug-likeness (QED) is 0.467. The van der Waals surface area contributed by atoms with E-state index in [0.29, 0.717) is 34.7 Å². The van der Waals surface area contributed by atoms with Crippen molar-refractivity contribution in [3.8, 4) is 5.95 Å². The molecule has 134 valence electrons. The first-order valence-corrected chi connectivity index (χ1v) is 8.58. The van der Waals surface area contributed by atoms with Crippen LogP contribution >= 0.6 is 0 Å². The van der Waals surface area contributed by atoms with Gasteiger partial charge in [0.2, 0.25) is 0 Å². The second kappa shape index (κ2) is 7.18. The lowest BCUT2D eigenvalue weighted by molar-refractivity contribution is 0.426. The Balaban J connectivity index is 1.69. The Morgan fingerprint density at radius 1 is 1.04 bits per heavy atom. The number of hydrogen-bond acceptors (Lipinski definition) is 6. The summed E-state index contributed by atoms with van der Waals surface area (Å²) in [5.74, 6) is 1.12. The Kier molecular flexibility index (Phi) is 4.58. The molecule has 0 amide bonds. The van der Waals surface area contributed by atoms with Crippen molar-refractivity contribution >= 4 is 29.3 Å². The second-order valence-electron chi connectivity index (χ2n) is 6.24. The van der Waals surface area contributed by atoms with Crippen LogP contribution in [0.2, 0.25) is 0 Å². The highest BCUT2D eigenvalue weighted by Crippen LogP contribution is 2.17. The fraction of sp³-hybridized carbons (Fsp3) is 0.105. The number of aromatic nitrogens is 4. The minimum atomic E-state index is -1.56. The number of aryl methyl sites for hydroxylation is 1. The Hall–Kier alpha value is -3.23. The lowest BCUT2D eigenvalue weighted by Crippen LogP contribution is -2.30. The summed E-state index contributed by atoms with van der Waals surface area (Å²) in [6.45, 7) is 2.55. The van der Waals surface area contributed by atoms with Crippen LogP contribution in [0.15, 0.2) is 60.8 Å². The van der Waals surface area contributed by atoms with E-state index in [-0.39, 0.29) is 0 Å². The first kappa shape index (κ1) is 17.2. The minimum absolute atomic E-state index is 0.397. The van der Waals surface area contributed by atoms with Crippen LogP contribution in [0.5, 0.6) is 0 Å². The van der Waals surface area contributed by atoms with Gasteiger partial charge in [-0.05, 0) is 24.0 Å². The van der Waals surface area contributed by atoms with Gasteiger partial charge in [0.25, 0.3) is 5.95 Å². The van der Waals surface area contributed by atoms with E-state index in [1.54, 1.807) is 23.0 Å². The Bertz CT molecular complexity index is 1080. The van der Waals surface area contributed by atoms with Crippen LogP contribution in [-0.2, 0) is 6.54 Å². The number of nitrogens with one attached hydrogen (secondary N) is 1. The third-order valence-corrected chi connectivity index (χ3v) is 4.27. The van der Waals surface area contributed by atoms with E-state index in [1.807, 2.05) is 49.4 Å². The van der Waals surface area contributed by atoms with Gasteiger partial charge in [-0.15, -0.1) is 0 Å². The predicted octanol–water partition coefficient (Wildman–Crippen LogP) is 1.42. The molecule has 0 saturated heterocycles. The monoisotopic (exact) mass is 359 g/mol. The number of hydrogen-bond donors (Lipinski definition) is 3. The molecule has 0 radical (unpaired) electrons. The molecule has 0 aliphatic rings. The Morgan fingerprint density at radius 2 is 1.85 bits per heavy atom. The van der Waals surface area contributed by atoms with Gasteiger partial charge in [-0.2, -0.15) is 14.8 Å². The number of nitrogens with zero attached hydrogens (tertiary/aromatic N) is 4. The average molecular weight is 359 g/mol. The van der Waals surface area contributed by atoms with Gasteiger partial charge in [0, 0.05) is 23.7 Å². The molecule has 0 aliphatic carbocycles.